The minimum absolute atomic E-state index is 0.130. The van der Waals surface area contributed by atoms with Crippen LogP contribution in [-0.4, -0.2) is 49.8 Å². The Morgan fingerprint density at radius 1 is 1.62 bits per heavy atom. The molecule has 0 aliphatic carbocycles. The van der Waals surface area contributed by atoms with E-state index in [0.717, 1.165) is 4.90 Å². The molecule has 5 nitrogen and oxygen atoms in total. The van der Waals surface area contributed by atoms with Crippen molar-refractivity contribution in [2.75, 3.05) is 26.4 Å². The zero-order valence-corrected chi connectivity index (χ0v) is 8.71. The maximum absolute atomic E-state index is 11.8. The summed E-state index contributed by atoms with van der Waals surface area (Å²) in [5.41, 5.74) is 0. The summed E-state index contributed by atoms with van der Waals surface area (Å²) < 4.78 is 43.7. The number of hydrogen-bond acceptors (Lipinski definition) is 4. The smallest absolute Gasteiger partial charge is 0.365 e. The average Bonchev–Trinajstić information content (AvgIpc) is 2.63. The lowest BCUT2D eigenvalue weighted by molar-refractivity contribution is -0.294. The van der Waals surface area contributed by atoms with Gasteiger partial charge in [0.25, 0.3) is 0 Å². The second kappa shape index (κ2) is 5.35. The summed E-state index contributed by atoms with van der Waals surface area (Å²) >= 11 is 0. The second-order valence-corrected chi connectivity index (χ2v) is 3.27. The molecule has 94 valence electrons. The Kier molecular flexibility index (Phi) is 4.36. The Bertz CT molecular complexity index is 241. The van der Waals surface area contributed by atoms with E-state index in [2.05, 4.69) is 10.1 Å². The molecule has 0 aromatic heterocycles. The van der Waals surface area contributed by atoms with E-state index in [-0.39, 0.29) is 19.1 Å². The van der Waals surface area contributed by atoms with E-state index in [4.69, 9.17) is 4.74 Å². The molecule has 0 aromatic rings. The third-order valence-electron chi connectivity index (χ3n) is 2.08. The van der Waals surface area contributed by atoms with E-state index in [9.17, 15) is 18.0 Å². The maximum Gasteiger partial charge on any atom is 0.576 e. The van der Waals surface area contributed by atoms with Crippen molar-refractivity contribution < 1.29 is 27.4 Å². The summed E-state index contributed by atoms with van der Waals surface area (Å²) in [4.78, 5) is 12.1. The van der Waals surface area contributed by atoms with Gasteiger partial charge in [0.15, 0.2) is 0 Å². The first-order valence-corrected chi connectivity index (χ1v) is 4.78. The van der Waals surface area contributed by atoms with E-state index in [1.807, 2.05) is 0 Å². The second-order valence-electron chi connectivity index (χ2n) is 3.27. The van der Waals surface area contributed by atoms with Crippen LogP contribution >= 0.6 is 0 Å². The van der Waals surface area contributed by atoms with E-state index >= 15 is 0 Å². The highest BCUT2D eigenvalue weighted by atomic mass is 19.4. The first kappa shape index (κ1) is 13.0. The van der Waals surface area contributed by atoms with Crippen molar-refractivity contribution in [2.24, 2.45) is 0 Å². The van der Waals surface area contributed by atoms with Gasteiger partial charge in [-0.3, -0.25) is 5.32 Å². The molecule has 0 spiro atoms. The van der Waals surface area contributed by atoms with Gasteiger partial charge in [-0.05, 0) is 6.92 Å². The molecule has 1 aliphatic heterocycles. The van der Waals surface area contributed by atoms with Crippen LogP contribution in [0.4, 0.5) is 18.0 Å². The van der Waals surface area contributed by atoms with Gasteiger partial charge in [0.05, 0.1) is 19.4 Å². The SMILES string of the molecule is CCN(CC1COCN1)C(=O)OC(F)(F)F. The highest BCUT2D eigenvalue weighted by Crippen LogP contribution is 2.18. The Morgan fingerprint density at radius 2 is 2.31 bits per heavy atom. The zero-order chi connectivity index (χ0) is 12.2. The first-order chi connectivity index (χ1) is 7.42. The highest BCUT2D eigenvalue weighted by molar-refractivity contribution is 5.67. The van der Waals surface area contributed by atoms with Crippen molar-refractivity contribution >= 4 is 6.09 Å². The van der Waals surface area contributed by atoms with Crippen LogP contribution in [0.5, 0.6) is 0 Å². The molecule has 1 heterocycles. The third kappa shape index (κ3) is 4.23. The number of alkyl halides is 3. The molecule has 1 fully saturated rings. The van der Waals surface area contributed by atoms with E-state index in [1.54, 1.807) is 6.92 Å². The number of nitrogens with one attached hydrogen (secondary N) is 1. The molecule has 1 N–H and O–H groups in total. The van der Waals surface area contributed by atoms with Crippen molar-refractivity contribution in [1.82, 2.24) is 10.2 Å². The molecule has 1 rings (SSSR count). The van der Waals surface area contributed by atoms with E-state index < -0.39 is 12.5 Å². The molecule has 1 amide bonds. The maximum atomic E-state index is 11.8. The van der Waals surface area contributed by atoms with Gasteiger partial charge in [-0.2, -0.15) is 0 Å². The molecule has 1 atom stereocenters. The summed E-state index contributed by atoms with van der Waals surface area (Å²) in [6.07, 6.45) is -6.33. The molecule has 0 radical (unpaired) electrons. The molecule has 8 heteroatoms. The van der Waals surface area contributed by atoms with Crippen molar-refractivity contribution in [3.63, 3.8) is 0 Å². The number of ether oxygens (including phenoxy) is 2. The minimum Gasteiger partial charge on any atom is -0.365 e. The van der Waals surface area contributed by atoms with Gasteiger partial charge in [-0.25, -0.2) is 4.79 Å². The molecule has 0 bridgehead atoms. The number of carbonyl (C=O) groups excluding carboxylic acids is 1. The van der Waals surface area contributed by atoms with Gasteiger partial charge < -0.3 is 14.4 Å². The Morgan fingerprint density at radius 3 is 2.75 bits per heavy atom. The van der Waals surface area contributed by atoms with Crippen molar-refractivity contribution in [2.45, 2.75) is 19.3 Å². The van der Waals surface area contributed by atoms with E-state index in [1.165, 1.54) is 0 Å². The first-order valence-electron chi connectivity index (χ1n) is 4.78. The lowest BCUT2D eigenvalue weighted by Gasteiger charge is -2.23. The van der Waals surface area contributed by atoms with Gasteiger partial charge in [0.1, 0.15) is 0 Å². The standard InChI is InChI=1S/C8H13F3N2O3/c1-2-13(3-6-4-15-5-12-6)7(14)16-8(9,10)11/h6,12H,2-5H2,1H3. The lowest BCUT2D eigenvalue weighted by Crippen LogP contribution is -2.43. The molecular formula is C8H13F3N2O3. The average molecular weight is 242 g/mol. The molecule has 1 unspecified atom stereocenters. The molecule has 0 aromatic carbocycles. The molecule has 0 saturated carbocycles. The molecule has 1 aliphatic rings. The number of amides is 1. The van der Waals surface area contributed by atoms with Crippen LogP contribution in [-0.2, 0) is 9.47 Å². The van der Waals surface area contributed by atoms with Gasteiger partial charge in [0.2, 0.25) is 0 Å². The minimum atomic E-state index is -4.94. The predicted molar refractivity (Wildman–Crippen MR) is 47.5 cm³/mol. The molecule has 16 heavy (non-hydrogen) atoms. The number of nitrogens with zero attached hydrogens (tertiary/aromatic N) is 1. The fourth-order valence-corrected chi connectivity index (χ4v) is 1.32. The summed E-state index contributed by atoms with van der Waals surface area (Å²) in [6.45, 7) is 2.57. The fraction of sp³-hybridized carbons (Fsp3) is 0.875. The fourth-order valence-electron chi connectivity index (χ4n) is 1.32. The number of hydrogen-bond donors (Lipinski definition) is 1. The Balaban J connectivity index is 2.43. The topological polar surface area (TPSA) is 50.8 Å². The van der Waals surface area contributed by atoms with E-state index in [0.29, 0.717) is 13.3 Å². The predicted octanol–water partition coefficient (Wildman–Crippen LogP) is 0.911. The zero-order valence-electron chi connectivity index (χ0n) is 8.71. The quantitative estimate of drug-likeness (QED) is 0.799. The van der Waals surface area contributed by atoms with Gasteiger partial charge in [-0.1, -0.05) is 0 Å². The lowest BCUT2D eigenvalue weighted by atomic mass is 10.3. The number of likely N-dealkylation sites (N-methyl/N-ethyl adjacent to an activating group) is 1. The normalized spacial score (nSPS) is 20.9. The monoisotopic (exact) mass is 242 g/mol. The Hall–Kier alpha value is -1.02. The summed E-state index contributed by atoms with van der Waals surface area (Å²) in [5, 5.41) is 2.89. The van der Waals surface area contributed by atoms with Crippen molar-refractivity contribution in [3.8, 4) is 0 Å². The third-order valence-corrected chi connectivity index (χ3v) is 2.08. The molecular weight excluding hydrogens is 229 g/mol. The van der Waals surface area contributed by atoms with Crippen LogP contribution in [0.1, 0.15) is 6.92 Å². The Labute approximate surface area is 90.5 Å². The van der Waals surface area contributed by atoms with Crippen LogP contribution in [0.2, 0.25) is 0 Å². The number of halogens is 3. The highest BCUT2D eigenvalue weighted by Gasteiger charge is 2.36. The van der Waals surface area contributed by atoms with Crippen molar-refractivity contribution in [1.29, 1.82) is 0 Å². The van der Waals surface area contributed by atoms with Gasteiger partial charge >= 0.3 is 12.5 Å². The van der Waals surface area contributed by atoms with Gasteiger partial charge in [0, 0.05) is 13.1 Å². The van der Waals surface area contributed by atoms with Crippen LogP contribution in [0.15, 0.2) is 0 Å². The summed E-state index contributed by atoms with van der Waals surface area (Å²) in [6, 6.07) is -0.152. The van der Waals surface area contributed by atoms with Crippen LogP contribution < -0.4 is 5.32 Å². The van der Waals surface area contributed by atoms with Gasteiger partial charge in [-0.15, -0.1) is 13.2 Å². The van der Waals surface area contributed by atoms with Crippen molar-refractivity contribution in [3.05, 3.63) is 0 Å². The summed E-state index contributed by atoms with van der Waals surface area (Å²) in [5.74, 6) is 0. The summed E-state index contributed by atoms with van der Waals surface area (Å²) in [7, 11) is 0. The molecule has 1 saturated heterocycles. The number of rotatable bonds is 3. The van der Waals surface area contributed by atoms with Crippen LogP contribution in [0.3, 0.4) is 0 Å². The largest absolute Gasteiger partial charge is 0.576 e. The van der Waals surface area contributed by atoms with Crippen LogP contribution in [0.25, 0.3) is 0 Å². The van der Waals surface area contributed by atoms with Crippen LogP contribution in [0, 0.1) is 0 Å². The number of carbonyl (C=O) groups is 1.